The van der Waals surface area contributed by atoms with E-state index in [2.05, 4.69) is 13.8 Å². The van der Waals surface area contributed by atoms with Crippen LogP contribution in [0.5, 0.6) is 0 Å². The summed E-state index contributed by atoms with van der Waals surface area (Å²) >= 11 is 0. The van der Waals surface area contributed by atoms with Crippen LogP contribution in [0, 0.1) is 5.92 Å². The number of Topliss-reactive ketones (excluding diaryl/α,β-unsaturated/α-hetero) is 1. The van der Waals surface area contributed by atoms with Crippen LogP contribution in [-0.4, -0.2) is 18.5 Å². The van der Waals surface area contributed by atoms with Crippen molar-refractivity contribution >= 4 is 5.78 Å². The lowest BCUT2D eigenvalue weighted by molar-refractivity contribution is -0.147. The number of carbonyl (C=O) groups excluding carboxylic acids is 1. The first-order valence-corrected chi connectivity index (χ1v) is 6.79. The lowest BCUT2D eigenvalue weighted by atomic mass is 9.81. The van der Waals surface area contributed by atoms with Gasteiger partial charge in [0, 0.05) is 13.0 Å². The second-order valence-corrected chi connectivity index (χ2v) is 4.99. The predicted molar refractivity (Wildman–Crippen MR) is 66.5 cm³/mol. The Balaban J connectivity index is 2.80. The van der Waals surface area contributed by atoms with Crippen molar-refractivity contribution in [1.29, 1.82) is 0 Å². The highest BCUT2D eigenvalue weighted by atomic mass is 16.5. The van der Waals surface area contributed by atoms with Crippen LogP contribution in [0.25, 0.3) is 0 Å². The number of rotatable bonds is 5. The highest BCUT2D eigenvalue weighted by molar-refractivity contribution is 5.89. The third-order valence-corrected chi connectivity index (χ3v) is 4.11. The van der Waals surface area contributed by atoms with E-state index in [-0.39, 0.29) is 5.92 Å². The highest BCUT2D eigenvalue weighted by Gasteiger charge is 2.40. The molecule has 0 N–H and O–H groups in total. The molecule has 0 aromatic heterocycles. The molecule has 1 saturated carbocycles. The van der Waals surface area contributed by atoms with Crippen molar-refractivity contribution < 1.29 is 9.53 Å². The summed E-state index contributed by atoms with van der Waals surface area (Å²) in [6.07, 6.45) is 8.53. The van der Waals surface area contributed by atoms with Crippen LogP contribution in [0.2, 0.25) is 0 Å². The monoisotopic (exact) mass is 226 g/mol. The largest absolute Gasteiger partial charge is 0.370 e. The quantitative estimate of drug-likeness (QED) is 0.668. The summed E-state index contributed by atoms with van der Waals surface area (Å²) in [5.41, 5.74) is -0.451. The second-order valence-electron chi connectivity index (χ2n) is 4.99. The normalized spacial score (nSPS) is 20.8. The second kappa shape index (κ2) is 6.39. The molecule has 2 heteroatoms. The number of ketones is 1. The van der Waals surface area contributed by atoms with Crippen molar-refractivity contribution in [3.05, 3.63) is 0 Å². The summed E-state index contributed by atoms with van der Waals surface area (Å²) in [6.45, 7) is 4.21. The number of carbonyl (C=O) groups is 1. The Morgan fingerprint density at radius 2 is 1.62 bits per heavy atom. The number of methoxy groups -OCH3 is 1. The third-order valence-electron chi connectivity index (χ3n) is 4.11. The van der Waals surface area contributed by atoms with Gasteiger partial charge in [-0.3, -0.25) is 4.79 Å². The minimum atomic E-state index is -0.451. The van der Waals surface area contributed by atoms with E-state index >= 15 is 0 Å². The summed E-state index contributed by atoms with van der Waals surface area (Å²) in [5, 5.41) is 0. The van der Waals surface area contributed by atoms with E-state index in [0.717, 1.165) is 38.5 Å². The molecular weight excluding hydrogens is 200 g/mol. The highest BCUT2D eigenvalue weighted by Crippen LogP contribution is 2.34. The molecule has 1 aliphatic rings. The first-order valence-electron chi connectivity index (χ1n) is 6.79. The molecule has 1 fully saturated rings. The average Bonchev–Trinajstić information content (AvgIpc) is 2.56. The zero-order valence-corrected chi connectivity index (χ0v) is 11.1. The first kappa shape index (κ1) is 13.7. The molecule has 0 spiro atoms. The van der Waals surface area contributed by atoms with Crippen LogP contribution in [0.4, 0.5) is 0 Å². The van der Waals surface area contributed by atoms with Gasteiger partial charge in [0.2, 0.25) is 0 Å². The SMILES string of the molecule is CCC(CC)C(=O)C1(OC)CCCCCC1. The Bertz CT molecular complexity index is 211. The molecule has 0 unspecified atom stereocenters. The summed E-state index contributed by atoms with van der Waals surface area (Å²) in [7, 11) is 1.71. The molecule has 0 heterocycles. The van der Waals surface area contributed by atoms with Crippen molar-refractivity contribution in [2.24, 2.45) is 5.92 Å². The fourth-order valence-corrected chi connectivity index (χ4v) is 2.88. The van der Waals surface area contributed by atoms with E-state index in [1.54, 1.807) is 7.11 Å². The zero-order chi connectivity index (χ0) is 12.0. The average molecular weight is 226 g/mol. The van der Waals surface area contributed by atoms with Crippen LogP contribution in [0.1, 0.15) is 65.2 Å². The van der Waals surface area contributed by atoms with Crippen LogP contribution < -0.4 is 0 Å². The molecule has 0 aliphatic heterocycles. The molecule has 1 rings (SSSR count). The van der Waals surface area contributed by atoms with Crippen LogP contribution in [0.15, 0.2) is 0 Å². The van der Waals surface area contributed by atoms with Crippen molar-refractivity contribution in [3.8, 4) is 0 Å². The summed E-state index contributed by atoms with van der Waals surface area (Å²) in [6, 6.07) is 0. The van der Waals surface area contributed by atoms with Gasteiger partial charge in [-0.25, -0.2) is 0 Å². The van der Waals surface area contributed by atoms with Gasteiger partial charge in [0.1, 0.15) is 5.60 Å². The van der Waals surface area contributed by atoms with E-state index in [4.69, 9.17) is 4.74 Å². The Morgan fingerprint density at radius 3 is 2.00 bits per heavy atom. The van der Waals surface area contributed by atoms with Crippen LogP contribution >= 0.6 is 0 Å². The Kier molecular flexibility index (Phi) is 5.47. The molecule has 0 bridgehead atoms. The minimum Gasteiger partial charge on any atom is -0.370 e. The summed E-state index contributed by atoms with van der Waals surface area (Å²) < 4.78 is 5.66. The maximum atomic E-state index is 12.5. The molecule has 16 heavy (non-hydrogen) atoms. The minimum absolute atomic E-state index is 0.193. The van der Waals surface area contributed by atoms with Crippen molar-refractivity contribution in [2.45, 2.75) is 70.8 Å². The smallest absolute Gasteiger partial charge is 0.167 e. The predicted octanol–water partition coefficient (Wildman–Crippen LogP) is 3.73. The van der Waals surface area contributed by atoms with Gasteiger partial charge in [0.05, 0.1) is 0 Å². The molecule has 1 aliphatic carbocycles. The molecule has 2 nitrogen and oxygen atoms in total. The molecule has 0 aromatic rings. The summed E-state index contributed by atoms with van der Waals surface area (Å²) in [5.74, 6) is 0.556. The molecule has 0 radical (unpaired) electrons. The molecule has 0 atom stereocenters. The number of ether oxygens (including phenoxy) is 1. The van der Waals surface area contributed by atoms with Gasteiger partial charge < -0.3 is 4.74 Å². The first-order chi connectivity index (χ1) is 7.70. The van der Waals surface area contributed by atoms with Crippen LogP contribution in [0.3, 0.4) is 0 Å². The van der Waals surface area contributed by atoms with E-state index in [0.29, 0.717) is 5.78 Å². The standard InChI is InChI=1S/C14H26O2/c1-4-12(5-2)13(15)14(16-3)10-8-6-7-9-11-14/h12H,4-11H2,1-3H3. The Morgan fingerprint density at radius 1 is 1.12 bits per heavy atom. The van der Waals surface area contributed by atoms with Crippen LogP contribution in [-0.2, 0) is 9.53 Å². The van der Waals surface area contributed by atoms with Crippen molar-refractivity contribution in [1.82, 2.24) is 0 Å². The number of hydrogen-bond donors (Lipinski definition) is 0. The Labute approximate surface area is 99.8 Å². The van der Waals surface area contributed by atoms with Crippen molar-refractivity contribution in [3.63, 3.8) is 0 Å². The topological polar surface area (TPSA) is 26.3 Å². The number of hydrogen-bond acceptors (Lipinski definition) is 2. The van der Waals surface area contributed by atoms with E-state index in [1.165, 1.54) is 12.8 Å². The maximum absolute atomic E-state index is 12.5. The fourth-order valence-electron chi connectivity index (χ4n) is 2.88. The lowest BCUT2D eigenvalue weighted by Crippen LogP contribution is -2.44. The lowest BCUT2D eigenvalue weighted by Gasteiger charge is -2.32. The van der Waals surface area contributed by atoms with E-state index in [9.17, 15) is 4.79 Å². The zero-order valence-electron chi connectivity index (χ0n) is 11.1. The molecule has 0 saturated heterocycles. The maximum Gasteiger partial charge on any atom is 0.167 e. The summed E-state index contributed by atoms with van der Waals surface area (Å²) in [4.78, 5) is 12.5. The van der Waals surface area contributed by atoms with E-state index in [1.807, 2.05) is 0 Å². The van der Waals surface area contributed by atoms with Gasteiger partial charge in [0.15, 0.2) is 5.78 Å². The van der Waals surface area contributed by atoms with Gasteiger partial charge in [-0.1, -0.05) is 39.5 Å². The molecular formula is C14H26O2. The van der Waals surface area contributed by atoms with E-state index < -0.39 is 5.60 Å². The van der Waals surface area contributed by atoms with Gasteiger partial charge >= 0.3 is 0 Å². The molecule has 0 amide bonds. The fraction of sp³-hybridized carbons (Fsp3) is 0.929. The van der Waals surface area contributed by atoms with Gasteiger partial charge in [-0.2, -0.15) is 0 Å². The van der Waals surface area contributed by atoms with Gasteiger partial charge in [-0.15, -0.1) is 0 Å². The van der Waals surface area contributed by atoms with Crippen molar-refractivity contribution in [2.75, 3.05) is 7.11 Å². The molecule has 94 valence electrons. The van der Waals surface area contributed by atoms with Gasteiger partial charge in [-0.05, 0) is 25.7 Å². The molecule has 0 aromatic carbocycles. The Hall–Kier alpha value is -0.370. The van der Waals surface area contributed by atoms with Gasteiger partial charge in [0.25, 0.3) is 0 Å². The third kappa shape index (κ3) is 2.85.